The minimum absolute atomic E-state index is 0.176. The highest BCUT2D eigenvalue weighted by Crippen LogP contribution is 2.09. The number of hydrogen-bond acceptors (Lipinski definition) is 4. The lowest BCUT2D eigenvalue weighted by Gasteiger charge is -2.02. The van der Waals surface area contributed by atoms with Crippen molar-refractivity contribution < 1.29 is 9.90 Å². The van der Waals surface area contributed by atoms with Crippen molar-refractivity contribution in [3.05, 3.63) is 23.3 Å². The molecular formula is C9H12N2O2S. The fourth-order valence-corrected chi connectivity index (χ4v) is 1.51. The highest BCUT2D eigenvalue weighted by Gasteiger charge is 2.09. The molecule has 1 aromatic rings. The number of carboxylic acid groups (broad SMARTS) is 1. The Labute approximate surface area is 86.8 Å². The minimum Gasteiger partial charge on any atom is -0.478 e. The van der Waals surface area contributed by atoms with Crippen molar-refractivity contribution in [1.29, 1.82) is 0 Å². The smallest absolute Gasteiger partial charge is 0.339 e. The summed E-state index contributed by atoms with van der Waals surface area (Å²) in [5.74, 6) is 1.46. The number of aryl methyl sites for hydroxylation is 1. The van der Waals surface area contributed by atoms with E-state index in [0.717, 1.165) is 11.5 Å². The van der Waals surface area contributed by atoms with Crippen molar-refractivity contribution in [2.24, 2.45) is 0 Å². The van der Waals surface area contributed by atoms with E-state index in [1.54, 1.807) is 18.7 Å². The van der Waals surface area contributed by atoms with Crippen molar-refractivity contribution in [3.8, 4) is 0 Å². The highest BCUT2D eigenvalue weighted by molar-refractivity contribution is 7.98. The summed E-state index contributed by atoms with van der Waals surface area (Å²) < 4.78 is 0. The SMILES string of the molecule is CCSCc1ncc(C(=O)O)c(C)n1. The maximum absolute atomic E-state index is 10.7. The monoisotopic (exact) mass is 212 g/mol. The lowest BCUT2D eigenvalue weighted by molar-refractivity contribution is 0.0695. The van der Waals surface area contributed by atoms with Gasteiger partial charge in [0.05, 0.1) is 17.0 Å². The Bertz CT molecular complexity index is 342. The largest absolute Gasteiger partial charge is 0.478 e. The number of carboxylic acids is 1. The summed E-state index contributed by atoms with van der Waals surface area (Å²) in [7, 11) is 0. The van der Waals surface area contributed by atoms with E-state index >= 15 is 0 Å². The molecule has 0 spiro atoms. The van der Waals surface area contributed by atoms with Crippen molar-refractivity contribution in [2.45, 2.75) is 19.6 Å². The Morgan fingerprint density at radius 2 is 2.36 bits per heavy atom. The van der Waals surface area contributed by atoms with Gasteiger partial charge in [0.1, 0.15) is 5.82 Å². The summed E-state index contributed by atoms with van der Waals surface area (Å²) >= 11 is 1.71. The third-order valence-corrected chi connectivity index (χ3v) is 2.57. The molecule has 0 aliphatic rings. The molecule has 4 nitrogen and oxygen atoms in total. The molecule has 0 bridgehead atoms. The zero-order chi connectivity index (χ0) is 10.6. The van der Waals surface area contributed by atoms with Crippen LogP contribution in [0.4, 0.5) is 0 Å². The second kappa shape index (κ2) is 4.95. The highest BCUT2D eigenvalue weighted by atomic mass is 32.2. The van der Waals surface area contributed by atoms with Gasteiger partial charge in [-0.15, -0.1) is 0 Å². The van der Waals surface area contributed by atoms with Crippen LogP contribution in [0, 0.1) is 6.92 Å². The van der Waals surface area contributed by atoms with Gasteiger partial charge in [0, 0.05) is 6.20 Å². The lowest BCUT2D eigenvalue weighted by atomic mass is 10.2. The second-order valence-electron chi connectivity index (χ2n) is 2.73. The summed E-state index contributed by atoms with van der Waals surface area (Å²) in [5.41, 5.74) is 0.703. The van der Waals surface area contributed by atoms with Gasteiger partial charge in [-0.3, -0.25) is 0 Å². The quantitative estimate of drug-likeness (QED) is 0.823. The molecule has 0 unspecified atom stereocenters. The van der Waals surface area contributed by atoms with Crippen LogP contribution in [0.5, 0.6) is 0 Å². The van der Waals surface area contributed by atoms with E-state index in [1.165, 1.54) is 6.20 Å². The molecule has 1 N–H and O–H groups in total. The van der Waals surface area contributed by atoms with Crippen molar-refractivity contribution >= 4 is 17.7 Å². The Kier molecular flexibility index (Phi) is 3.88. The van der Waals surface area contributed by atoms with Crippen molar-refractivity contribution in [1.82, 2.24) is 9.97 Å². The van der Waals surface area contributed by atoms with E-state index in [-0.39, 0.29) is 5.56 Å². The topological polar surface area (TPSA) is 63.1 Å². The molecule has 76 valence electrons. The van der Waals surface area contributed by atoms with Gasteiger partial charge in [-0.2, -0.15) is 11.8 Å². The average molecular weight is 212 g/mol. The van der Waals surface area contributed by atoms with Gasteiger partial charge in [0.15, 0.2) is 0 Å². The molecule has 0 atom stereocenters. The minimum atomic E-state index is -0.975. The van der Waals surface area contributed by atoms with Gasteiger partial charge in [0.25, 0.3) is 0 Å². The summed E-state index contributed by atoms with van der Waals surface area (Å²) in [5, 5.41) is 8.75. The fourth-order valence-electron chi connectivity index (χ4n) is 0.988. The first-order chi connectivity index (χ1) is 6.65. The van der Waals surface area contributed by atoms with Crippen LogP contribution >= 0.6 is 11.8 Å². The molecule has 1 heterocycles. The zero-order valence-corrected chi connectivity index (χ0v) is 8.97. The molecule has 0 radical (unpaired) electrons. The van der Waals surface area contributed by atoms with Gasteiger partial charge < -0.3 is 5.11 Å². The summed E-state index contributed by atoms with van der Waals surface area (Å²) in [6.07, 6.45) is 1.37. The van der Waals surface area contributed by atoms with E-state index in [0.29, 0.717) is 11.5 Å². The van der Waals surface area contributed by atoms with Crippen LogP contribution in [-0.4, -0.2) is 26.8 Å². The Morgan fingerprint density at radius 3 is 2.86 bits per heavy atom. The molecular weight excluding hydrogens is 200 g/mol. The third-order valence-electron chi connectivity index (χ3n) is 1.69. The predicted molar refractivity (Wildman–Crippen MR) is 55.6 cm³/mol. The van der Waals surface area contributed by atoms with Crippen LogP contribution in [0.2, 0.25) is 0 Å². The van der Waals surface area contributed by atoms with Gasteiger partial charge in [-0.05, 0) is 12.7 Å². The molecule has 14 heavy (non-hydrogen) atoms. The van der Waals surface area contributed by atoms with Gasteiger partial charge in [-0.1, -0.05) is 6.92 Å². The van der Waals surface area contributed by atoms with E-state index in [9.17, 15) is 4.79 Å². The standard InChI is InChI=1S/C9H12N2O2S/c1-3-14-5-8-10-4-7(9(12)13)6(2)11-8/h4H,3,5H2,1-2H3,(H,12,13). The molecule has 1 rings (SSSR count). The van der Waals surface area contributed by atoms with Crippen LogP contribution < -0.4 is 0 Å². The average Bonchev–Trinajstić information content (AvgIpc) is 2.14. The second-order valence-corrected chi connectivity index (χ2v) is 4.00. The Hall–Kier alpha value is -1.10. The molecule has 0 aliphatic heterocycles. The van der Waals surface area contributed by atoms with E-state index in [4.69, 9.17) is 5.11 Å². The van der Waals surface area contributed by atoms with Crippen LogP contribution in [0.15, 0.2) is 6.20 Å². The maximum atomic E-state index is 10.7. The summed E-state index contributed by atoms with van der Waals surface area (Å²) in [4.78, 5) is 18.8. The number of rotatable bonds is 4. The molecule has 0 saturated carbocycles. The van der Waals surface area contributed by atoms with E-state index < -0.39 is 5.97 Å². The summed E-state index contributed by atoms with van der Waals surface area (Å²) in [6.45, 7) is 3.74. The maximum Gasteiger partial charge on any atom is 0.339 e. The van der Waals surface area contributed by atoms with Crippen LogP contribution in [0.3, 0.4) is 0 Å². The number of thioether (sulfide) groups is 1. The van der Waals surface area contributed by atoms with Gasteiger partial charge in [0.2, 0.25) is 0 Å². The molecule has 0 aromatic carbocycles. The summed E-state index contributed by atoms with van der Waals surface area (Å²) in [6, 6.07) is 0. The molecule has 0 amide bonds. The zero-order valence-electron chi connectivity index (χ0n) is 8.15. The van der Waals surface area contributed by atoms with Crippen LogP contribution in [0.1, 0.15) is 28.8 Å². The lowest BCUT2D eigenvalue weighted by Crippen LogP contribution is -2.05. The van der Waals surface area contributed by atoms with E-state index in [1.807, 2.05) is 0 Å². The Balaban J connectivity index is 2.83. The molecule has 0 saturated heterocycles. The molecule has 0 aliphatic carbocycles. The third kappa shape index (κ3) is 2.70. The van der Waals surface area contributed by atoms with Crippen molar-refractivity contribution in [2.75, 3.05) is 5.75 Å². The number of carbonyl (C=O) groups is 1. The number of nitrogens with zero attached hydrogens (tertiary/aromatic N) is 2. The first kappa shape index (κ1) is 11.0. The van der Waals surface area contributed by atoms with Gasteiger partial charge >= 0.3 is 5.97 Å². The van der Waals surface area contributed by atoms with E-state index in [2.05, 4.69) is 16.9 Å². The molecule has 1 aromatic heterocycles. The molecule has 0 fully saturated rings. The van der Waals surface area contributed by atoms with Crippen LogP contribution in [0.25, 0.3) is 0 Å². The first-order valence-corrected chi connectivity index (χ1v) is 5.44. The molecule has 5 heteroatoms. The normalized spacial score (nSPS) is 10.1. The fraction of sp³-hybridized carbons (Fsp3) is 0.444. The Morgan fingerprint density at radius 1 is 1.64 bits per heavy atom. The first-order valence-electron chi connectivity index (χ1n) is 4.28. The van der Waals surface area contributed by atoms with Crippen molar-refractivity contribution in [3.63, 3.8) is 0 Å². The number of aromatic nitrogens is 2. The predicted octanol–water partition coefficient (Wildman–Crippen LogP) is 1.74. The number of hydrogen-bond donors (Lipinski definition) is 1. The van der Waals surface area contributed by atoms with Gasteiger partial charge in [-0.25, -0.2) is 14.8 Å². The number of aromatic carboxylic acids is 1. The van der Waals surface area contributed by atoms with Crippen LogP contribution in [-0.2, 0) is 5.75 Å².